The molecule has 1 fully saturated rings. The highest BCUT2D eigenvalue weighted by Gasteiger charge is 2.30. The van der Waals surface area contributed by atoms with E-state index in [1.54, 1.807) is 37.7 Å². The Morgan fingerprint density at radius 1 is 1.14 bits per heavy atom. The number of fused-ring (bicyclic) bond motifs is 1. The Morgan fingerprint density at radius 3 is 2.72 bits per heavy atom. The molecular weight excluding hydrogens is 561 g/mol. The van der Waals surface area contributed by atoms with Crippen LogP contribution in [0.2, 0.25) is 0 Å². The van der Waals surface area contributed by atoms with Crippen LogP contribution < -0.4 is 15.8 Å². The lowest BCUT2D eigenvalue weighted by molar-refractivity contribution is -0.137. The maximum atomic E-state index is 13.2. The van der Waals surface area contributed by atoms with Gasteiger partial charge in [0.2, 0.25) is 5.95 Å². The molecule has 3 aromatic carbocycles. The van der Waals surface area contributed by atoms with Crippen LogP contribution in [-0.2, 0) is 10.9 Å². The molecule has 1 unspecified atom stereocenters. The summed E-state index contributed by atoms with van der Waals surface area (Å²) < 4.78 is 53.0. The number of anilines is 2. The van der Waals surface area contributed by atoms with Gasteiger partial charge in [0.25, 0.3) is 5.91 Å². The van der Waals surface area contributed by atoms with E-state index in [-0.39, 0.29) is 23.2 Å². The molecule has 2 aromatic heterocycles. The molecule has 1 amide bonds. The highest BCUT2D eigenvalue weighted by atomic mass is 19.4. The fraction of sp³-hybridized carbons (Fsp3) is 0.226. The topological polar surface area (TPSA) is 117 Å². The molecule has 1 aliphatic heterocycles. The number of carbonyl (C=O) groups is 1. The van der Waals surface area contributed by atoms with Gasteiger partial charge in [0.15, 0.2) is 0 Å². The van der Waals surface area contributed by atoms with Crippen molar-refractivity contribution in [1.82, 2.24) is 19.7 Å². The number of nitrogens with zero attached hydrogens (tertiary/aromatic N) is 4. The van der Waals surface area contributed by atoms with Crippen LogP contribution >= 0.6 is 0 Å². The highest BCUT2D eigenvalue weighted by molar-refractivity contribution is 6.06. The Balaban J connectivity index is 1.45. The fourth-order valence-corrected chi connectivity index (χ4v) is 5.28. The molecule has 0 radical (unpaired) electrons. The van der Waals surface area contributed by atoms with Crippen molar-refractivity contribution in [3.8, 4) is 28.0 Å². The summed E-state index contributed by atoms with van der Waals surface area (Å²) in [5.74, 6) is 0.0349. The minimum absolute atomic E-state index is 0.0342. The highest BCUT2D eigenvalue weighted by Crippen LogP contribution is 2.45. The maximum absolute atomic E-state index is 13.2. The molecule has 1 aliphatic rings. The second-order valence-electron chi connectivity index (χ2n) is 10.3. The van der Waals surface area contributed by atoms with Gasteiger partial charge in [-0.3, -0.25) is 9.48 Å². The molecule has 9 nitrogen and oxygen atoms in total. The van der Waals surface area contributed by atoms with Gasteiger partial charge in [-0.15, -0.1) is 0 Å². The van der Waals surface area contributed by atoms with E-state index in [0.717, 1.165) is 29.7 Å². The third-order valence-corrected chi connectivity index (χ3v) is 7.46. The van der Waals surface area contributed by atoms with Crippen LogP contribution in [0, 0.1) is 6.92 Å². The number of methoxy groups -OCH3 is 1. The molecule has 220 valence electrons. The van der Waals surface area contributed by atoms with Gasteiger partial charge in [-0.2, -0.15) is 18.3 Å². The summed E-state index contributed by atoms with van der Waals surface area (Å²) >= 11 is 0. The first-order valence-electron chi connectivity index (χ1n) is 13.5. The number of benzene rings is 3. The molecule has 1 saturated heterocycles. The van der Waals surface area contributed by atoms with E-state index in [0.29, 0.717) is 46.6 Å². The average Bonchev–Trinajstić information content (AvgIpc) is 3.69. The van der Waals surface area contributed by atoms with Crippen molar-refractivity contribution in [2.24, 2.45) is 0 Å². The maximum Gasteiger partial charge on any atom is 0.416 e. The van der Waals surface area contributed by atoms with Crippen molar-refractivity contribution in [2.45, 2.75) is 25.6 Å². The largest absolute Gasteiger partial charge is 0.495 e. The van der Waals surface area contributed by atoms with E-state index < -0.39 is 17.6 Å². The molecule has 3 heterocycles. The van der Waals surface area contributed by atoms with Crippen molar-refractivity contribution >= 4 is 28.4 Å². The van der Waals surface area contributed by atoms with Crippen LogP contribution in [0.4, 0.5) is 24.8 Å². The van der Waals surface area contributed by atoms with Gasteiger partial charge in [-0.05, 0) is 60.9 Å². The number of aromatic nitrogens is 4. The van der Waals surface area contributed by atoms with Crippen LogP contribution in [0.25, 0.3) is 33.2 Å². The lowest BCUT2D eigenvalue weighted by Gasteiger charge is -2.18. The van der Waals surface area contributed by atoms with Gasteiger partial charge in [0.1, 0.15) is 5.75 Å². The SMILES string of the molecule is COc1c(-c2cc(C(=O)Nc3cccc(C(F)(F)F)c3)ccc2C)cc2cnc(N)nc2c1-c1cnn(C2CCOC2)c1. The number of rotatable bonds is 6. The zero-order valence-electron chi connectivity index (χ0n) is 23.3. The number of alkyl halides is 3. The smallest absolute Gasteiger partial charge is 0.416 e. The number of hydrogen-bond acceptors (Lipinski definition) is 7. The Bertz CT molecular complexity index is 1850. The monoisotopic (exact) mass is 588 g/mol. The first-order chi connectivity index (χ1) is 20.6. The molecule has 3 N–H and O–H groups in total. The number of halogens is 3. The average molecular weight is 589 g/mol. The number of carbonyl (C=O) groups excluding carboxylic acids is 1. The summed E-state index contributed by atoms with van der Waals surface area (Å²) in [7, 11) is 1.55. The molecule has 0 spiro atoms. The first kappa shape index (κ1) is 28.2. The minimum Gasteiger partial charge on any atom is -0.495 e. The number of aryl methyl sites for hydroxylation is 1. The second kappa shape index (κ2) is 11.0. The van der Waals surface area contributed by atoms with Crippen molar-refractivity contribution < 1.29 is 27.4 Å². The predicted molar refractivity (Wildman–Crippen MR) is 156 cm³/mol. The number of nitrogen functional groups attached to an aromatic ring is 1. The lowest BCUT2D eigenvalue weighted by Crippen LogP contribution is -2.13. The van der Waals surface area contributed by atoms with Gasteiger partial charge >= 0.3 is 6.18 Å². The number of nitrogens with two attached hydrogens (primary N) is 1. The Kier molecular flexibility index (Phi) is 7.22. The number of hydrogen-bond donors (Lipinski definition) is 2. The summed E-state index contributed by atoms with van der Waals surface area (Å²) in [5, 5.41) is 7.85. The van der Waals surface area contributed by atoms with E-state index in [4.69, 9.17) is 15.2 Å². The molecule has 0 saturated carbocycles. The van der Waals surface area contributed by atoms with E-state index in [1.165, 1.54) is 12.1 Å². The van der Waals surface area contributed by atoms with Gasteiger partial charge in [0.05, 0.1) is 42.6 Å². The third kappa shape index (κ3) is 5.48. The van der Waals surface area contributed by atoms with Gasteiger partial charge in [-0.25, -0.2) is 9.97 Å². The van der Waals surface area contributed by atoms with Gasteiger partial charge < -0.3 is 20.5 Å². The zero-order valence-corrected chi connectivity index (χ0v) is 23.3. The van der Waals surface area contributed by atoms with Crippen LogP contribution in [0.5, 0.6) is 5.75 Å². The van der Waals surface area contributed by atoms with Crippen molar-refractivity contribution in [3.05, 3.63) is 83.8 Å². The quantitative estimate of drug-likeness (QED) is 0.239. The first-order valence-corrected chi connectivity index (χ1v) is 13.5. The van der Waals surface area contributed by atoms with E-state index in [9.17, 15) is 18.0 Å². The molecular formula is C31H27F3N6O3. The minimum atomic E-state index is -4.53. The van der Waals surface area contributed by atoms with Crippen molar-refractivity contribution in [3.63, 3.8) is 0 Å². The van der Waals surface area contributed by atoms with E-state index >= 15 is 0 Å². The Morgan fingerprint density at radius 2 is 1.98 bits per heavy atom. The zero-order chi connectivity index (χ0) is 30.3. The fourth-order valence-electron chi connectivity index (χ4n) is 5.28. The van der Waals surface area contributed by atoms with Crippen molar-refractivity contribution in [1.29, 1.82) is 0 Å². The predicted octanol–water partition coefficient (Wildman–Crippen LogP) is 6.29. The summed E-state index contributed by atoms with van der Waals surface area (Å²) in [6, 6.07) is 11.6. The third-order valence-electron chi connectivity index (χ3n) is 7.46. The summed E-state index contributed by atoms with van der Waals surface area (Å²) in [6.45, 7) is 3.13. The number of nitrogens with one attached hydrogen (secondary N) is 1. The van der Waals surface area contributed by atoms with E-state index in [2.05, 4.69) is 20.4 Å². The van der Waals surface area contributed by atoms with E-state index in [1.807, 2.05) is 23.9 Å². The van der Waals surface area contributed by atoms with Gasteiger partial charge in [-0.1, -0.05) is 12.1 Å². The van der Waals surface area contributed by atoms with Crippen molar-refractivity contribution in [2.75, 3.05) is 31.4 Å². The number of ether oxygens (including phenoxy) is 2. The van der Waals surface area contributed by atoms with Crippen LogP contribution in [0.15, 0.2) is 67.1 Å². The molecule has 0 aliphatic carbocycles. The molecule has 0 bridgehead atoms. The van der Waals surface area contributed by atoms with Crippen LogP contribution in [-0.4, -0.2) is 46.0 Å². The summed E-state index contributed by atoms with van der Waals surface area (Å²) in [4.78, 5) is 21.9. The summed E-state index contributed by atoms with van der Waals surface area (Å²) in [6.07, 6.45) is 1.60. The normalized spacial score (nSPS) is 15.1. The summed E-state index contributed by atoms with van der Waals surface area (Å²) in [5.41, 5.74) is 9.60. The molecule has 5 aromatic rings. The number of amides is 1. The van der Waals surface area contributed by atoms with Gasteiger partial charge in [0, 0.05) is 46.8 Å². The van der Waals surface area contributed by atoms with Crippen LogP contribution in [0.1, 0.15) is 33.9 Å². The molecule has 6 rings (SSSR count). The Hall–Kier alpha value is -4.97. The molecule has 12 heteroatoms. The Labute approximate surface area is 244 Å². The molecule has 1 atom stereocenters. The van der Waals surface area contributed by atoms with Crippen LogP contribution in [0.3, 0.4) is 0 Å². The standard InChI is InChI=1S/C31H27F3N6O3/c1-17-6-7-18(29(41)38-22-5-3-4-21(12-22)31(32,33)34)10-24(17)25-11-19-13-36-30(35)39-27(19)26(28(25)42-2)20-14-37-40(15-20)23-8-9-43-16-23/h3-7,10-15,23H,8-9,16H2,1-2H3,(H,38,41)(H2,35,36,39). The second-order valence-corrected chi connectivity index (χ2v) is 10.3. The molecule has 43 heavy (non-hydrogen) atoms. The lowest BCUT2D eigenvalue weighted by atomic mass is 9.92.